The quantitative estimate of drug-likeness (QED) is 0.127. The molecule has 8 aromatic rings. The van der Waals surface area contributed by atoms with E-state index in [1.165, 1.54) is 60.8 Å². The maximum Gasteiger partial charge on any atom is 0.416 e. The van der Waals surface area contributed by atoms with Crippen LogP contribution >= 0.6 is 22.7 Å². The molecule has 0 aliphatic rings. The molecule has 0 saturated heterocycles. The molecular formula is C50H39F6NO4S2. The van der Waals surface area contributed by atoms with Gasteiger partial charge in [-0.05, 0) is 119 Å². The average Bonchev–Trinajstić information content (AvgIpc) is 3.93. The van der Waals surface area contributed by atoms with Crippen molar-refractivity contribution < 1.29 is 46.1 Å². The van der Waals surface area contributed by atoms with Gasteiger partial charge in [0.2, 0.25) is 0 Å². The van der Waals surface area contributed by atoms with Crippen LogP contribution in [0.25, 0.3) is 42.4 Å². The van der Waals surface area contributed by atoms with E-state index >= 15 is 0 Å². The molecule has 2 N–H and O–H groups in total. The summed E-state index contributed by atoms with van der Waals surface area (Å²) in [5.74, 6) is -0.300. The molecule has 6 aromatic carbocycles. The van der Waals surface area contributed by atoms with Crippen molar-refractivity contribution in [3.05, 3.63) is 183 Å². The van der Waals surface area contributed by atoms with E-state index in [0.717, 1.165) is 66.7 Å². The molecule has 1 amide bonds. The number of anilines is 1. The average molecular weight is 896 g/mol. The van der Waals surface area contributed by atoms with Crippen molar-refractivity contribution in [2.75, 3.05) is 25.2 Å². The summed E-state index contributed by atoms with van der Waals surface area (Å²) in [6.07, 6.45) is -9.14. The van der Waals surface area contributed by atoms with Gasteiger partial charge in [-0.1, -0.05) is 84.9 Å². The second kappa shape index (κ2) is 16.7. The Bertz CT molecular complexity index is 2980. The lowest BCUT2D eigenvalue weighted by molar-refractivity contribution is -0.138. The van der Waals surface area contributed by atoms with Gasteiger partial charge in [0, 0.05) is 44.1 Å². The predicted molar refractivity (Wildman–Crippen MR) is 238 cm³/mol. The number of aliphatic hydroxyl groups is 2. The van der Waals surface area contributed by atoms with Crippen molar-refractivity contribution in [3.63, 3.8) is 0 Å². The Hall–Kier alpha value is -5.83. The van der Waals surface area contributed by atoms with Gasteiger partial charge in [-0.15, -0.1) is 22.7 Å². The van der Waals surface area contributed by atoms with Gasteiger partial charge in [0.25, 0.3) is 5.91 Å². The van der Waals surface area contributed by atoms with Crippen LogP contribution in [0.1, 0.15) is 56.2 Å². The molecule has 0 spiro atoms. The summed E-state index contributed by atoms with van der Waals surface area (Å²) in [6.45, 7) is 3.40. The maximum absolute atomic E-state index is 14.5. The van der Waals surface area contributed by atoms with E-state index in [1.54, 1.807) is 42.3 Å². The fraction of sp³-hybridized carbons (Fsp3) is 0.180. The van der Waals surface area contributed by atoms with Crippen molar-refractivity contribution >= 4 is 54.4 Å². The third kappa shape index (κ3) is 8.63. The van der Waals surface area contributed by atoms with Crippen LogP contribution < -0.4 is 4.90 Å². The molecule has 2 unspecified atom stereocenters. The second-order valence-corrected chi connectivity index (χ2v) is 17.7. The first-order valence-electron chi connectivity index (χ1n) is 19.7. The van der Waals surface area contributed by atoms with Crippen molar-refractivity contribution in [1.82, 2.24) is 0 Å². The lowest BCUT2D eigenvalue weighted by Gasteiger charge is -2.24. The van der Waals surface area contributed by atoms with E-state index in [4.69, 9.17) is 4.74 Å². The van der Waals surface area contributed by atoms with E-state index in [2.05, 4.69) is 0 Å². The van der Waals surface area contributed by atoms with Gasteiger partial charge < -0.3 is 19.8 Å². The zero-order valence-electron chi connectivity index (χ0n) is 34.0. The Morgan fingerprint density at radius 2 is 1.02 bits per heavy atom. The third-order valence-corrected chi connectivity index (χ3v) is 14.0. The molecule has 2 heterocycles. The van der Waals surface area contributed by atoms with Crippen LogP contribution in [0.2, 0.25) is 0 Å². The molecule has 0 aliphatic heterocycles. The molecule has 0 aliphatic carbocycles. The number of halogens is 6. The van der Waals surface area contributed by atoms with Gasteiger partial charge in [0.1, 0.15) is 11.2 Å². The third-order valence-electron chi connectivity index (χ3n) is 11.2. The fourth-order valence-corrected chi connectivity index (χ4v) is 10.2. The van der Waals surface area contributed by atoms with E-state index in [-0.39, 0.29) is 30.2 Å². The molecule has 13 heteroatoms. The molecule has 322 valence electrons. The van der Waals surface area contributed by atoms with Crippen LogP contribution in [-0.4, -0.2) is 36.4 Å². The largest absolute Gasteiger partial charge is 0.416 e. The molecule has 0 radical (unpaired) electrons. The number of rotatable bonds is 11. The lowest BCUT2D eigenvalue weighted by Crippen LogP contribution is -2.34. The monoisotopic (exact) mass is 895 g/mol. The van der Waals surface area contributed by atoms with Crippen molar-refractivity contribution in [3.8, 4) is 22.3 Å². The summed E-state index contributed by atoms with van der Waals surface area (Å²) in [5, 5.41) is 24.9. The number of carbonyl (C=O) groups excluding carboxylic acids is 1. The summed E-state index contributed by atoms with van der Waals surface area (Å²) >= 11 is 2.55. The number of benzene rings is 6. The smallest absolute Gasteiger partial charge is 0.383 e. The molecule has 2 aromatic heterocycles. The maximum atomic E-state index is 14.5. The summed E-state index contributed by atoms with van der Waals surface area (Å²) in [4.78, 5) is 17.1. The van der Waals surface area contributed by atoms with Crippen molar-refractivity contribution in [1.29, 1.82) is 0 Å². The predicted octanol–water partition coefficient (Wildman–Crippen LogP) is 13.3. The first-order chi connectivity index (χ1) is 29.9. The summed E-state index contributed by atoms with van der Waals surface area (Å²) < 4.78 is 88.5. The highest BCUT2D eigenvalue weighted by molar-refractivity contribution is 7.20. The molecule has 0 bridgehead atoms. The first-order valence-corrected chi connectivity index (χ1v) is 21.4. The minimum Gasteiger partial charge on any atom is -0.383 e. The number of nitrogens with zero attached hydrogens (tertiary/aromatic N) is 1. The van der Waals surface area contributed by atoms with Gasteiger partial charge in [-0.3, -0.25) is 4.79 Å². The molecular weight excluding hydrogens is 857 g/mol. The number of methoxy groups -OCH3 is 1. The molecule has 2 atom stereocenters. The zero-order chi connectivity index (χ0) is 44.9. The van der Waals surface area contributed by atoms with Crippen LogP contribution in [0.3, 0.4) is 0 Å². The van der Waals surface area contributed by atoms with Gasteiger partial charge in [0.15, 0.2) is 0 Å². The second-order valence-electron chi connectivity index (χ2n) is 15.6. The summed E-state index contributed by atoms with van der Waals surface area (Å²) in [5.41, 5.74) is -0.861. The molecule has 8 rings (SSSR count). The highest BCUT2D eigenvalue weighted by Crippen LogP contribution is 2.45. The van der Waals surface area contributed by atoms with Gasteiger partial charge in [-0.2, -0.15) is 26.3 Å². The number of thiophene rings is 2. The standard InChI is InChI=1S/C50H39F6NO4S2/c1-47(59,35-15-8-17-37(28-35)49(51,52)53)42-26-32-12-6-20-40(44(32)62-42)30-10-4-14-34(24-30)46(58)57(22-23-61-3)39-19-5-11-31(25-39)41-21-7-13-33-27-43(63-45(33)41)48(2,60)36-16-9-18-38(29-36)50(54,55)56/h4-21,24-29,59-60H,22-23H2,1-3H3. The Kier molecular flexibility index (Phi) is 11.6. The summed E-state index contributed by atoms with van der Waals surface area (Å²) in [7, 11) is 1.55. The Morgan fingerprint density at radius 1 is 0.571 bits per heavy atom. The van der Waals surface area contributed by atoms with E-state index < -0.39 is 34.7 Å². The highest BCUT2D eigenvalue weighted by Gasteiger charge is 2.36. The molecule has 0 fully saturated rings. The van der Waals surface area contributed by atoms with Crippen LogP contribution in [0, 0.1) is 0 Å². The SMILES string of the molecule is COCCN(C(=O)c1cccc(-c2cccc3cc(C(C)(O)c4cccc(C(F)(F)F)c4)sc23)c1)c1cccc(-c2cccc3cc(C(C)(O)c4cccc(C(F)(F)F)c4)sc23)c1. The lowest BCUT2D eigenvalue weighted by atomic mass is 9.92. The number of carbonyl (C=O) groups is 1. The number of fused-ring (bicyclic) bond motifs is 2. The zero-order valence-corrected chi connectivity index (χ0v) is 35.6. The topological polar surface area (TPSA) is 70.0 Å². The number of hydrogen-bond acceptors (Lipinski definition) is 6. The van der Waals surface area contributed by atoms with Gasteiger partial charge in [-0.25, -0.2) is 0 Å². The van der Waals surface area contributed by atoms with Crippen LogP contribution in [0.5, 0.6) is 0 Å². The molecule has 63 heavy (non-hydrogen) atoms. The van der Waals surface area contributed by atoms with Crippen molar-refractivity contribution in [2.45, 2.75) is 37.4 Å². The van der Waals surface area contributed by atoms with E-state index in [9.17, 15) is 41.4 Å². The van der Waals surface area contributed by atoms with Crippen LogP contribution in [0.15, 0.2) is 146 Å². The van der Waals surface area contributed by atoms with Crippen molar-refractivity contribution in [2.24, 2.45) is 0 Å². The summed E-state index contributed by atoms with van der Waals surface area (Å²) in [6, 6.07) is 38.8. The normalized spacial score (nSPS) is 14.1. The molecule has 5 nitrogen and oxygen atoms in total. The Morgan fingerprint density at radius 3 is 1.51 bits per heavy atom. The van der Waals surface area contributed by atoms with Gasteiger partial charge in [0.05, 0.1) is 17.7 Å². The van der Waals surface area contributed by atoms with Crippen LogP contribution in [0.4, 0.5) is 32.0 Å². The Labute approximate surface area is 367 Å². The minimum absolute atomic E-state index is 0.109. The minimum atomic E-state index is -4.57. The van der Waals surface area contributed by atoms with E-state index in [0.29, 0.717) is 21.0 Å². The number of ether oxygens (including phenoxy) is 1. The highest BCUT2D eigenvalue weighted by atomic mass is 32.1. The first kappa shape index (κ1) is 43.8. The molecule has 0 saturated carbocycles. The number of hydrogen-bond donors (Lipinski definition) is 2. The Balaban J connectivity index is 1.11. The van der Waals surface area contributed by atoms with Gasteiger partial charge >= 0.3 is 12.4 Å². The number of alkyl halides is 6. The van der Waals surface area contributed by atoms with E-state index in [1.807, 2.05) is 66.7 Å². The fourth-order valence-electron chi connectivity index (χ4n) is 7.69. The van der Waals surface area contributed by atoms with Crippen LogP contribution in [-0.2, 0) is 28.3 Å². The number of amides is 1.